The summed E-state index contributed by atoms with van der Waals surface area (Å²) < 4.78 is 13.0. The predicted molar refractivity (Wildman–Crippen MR) is 79.4 cm³/mol. The Bertz CT molecular complexity index is 626. The summed E-state index contributed by atoms with van der Waals surface area (Å²) in [6, 6.07) is 11.9. The van der Waals surface area contributed by atoms with Crippen molar-refractivity contribution in [3.8, 4) is 0 Å². The smallest absolute Gasteiger partial charge is 0.243 e. The highest BCUT2D eigenvalue weighted by Crippen LogP contribution is 2.16. The van der Waals surface area contributed by atoms with Gasteiger partial charge in [-0.3, -0.25) is 4.79 Å². The lowest BCUT2D eigenvalue weighted by Gasteiger charge is -2.10. The molecule has 0 aromatic heterocycles. The Morgan fingerprint density at radius 1 is 1.15 bits per heavy atom. The quantitative estimate of drug-likeness (QED) is 0.894. The standard InChI is InChI=1S/C16H17FN2O/c1-11-6-7-12(2)15(8-11)19-16(20)10-18-14-5-3-4-13(17)9-14/h3-9,18H,10H2,1-2H3,(H,19,20). The molecule has 0 unspecified atom stereocenters. The van der Waals surface area contributed by atoms with E-state index in [4.69, 9.17) is 0 Å². The maximum Gasteiger partial charge on any atom is 0.243 e. The fourth-order valence-corrected chi connectivity index (χ4v) is 1.85. The summed E-state index contributed by atoms with van der Waals surface area (Å²) in [5.74, 6) is -0.493. The van der Waals surface area contributed by atoms with Gasteiger partial charge in [-0.05, 0) is 49.2 Å². The lowest BCUT2D eigenvalue weighted by atomic mass is 10.1. The van der Waals surface area contributed by atoms with Gasteiger partial charge in [-0.25, -0.2) is 4.39 Å². The number of hydrogen-bond donors (Lipinski definition) is 2. The molecule has 0 spiro atoms. The number of halogens is 1. The van der Waals surface area contributed by atoms with Gasteiger partial charge >= 0.3 is 0 Å². The van der Waals surface area contributed by atoms with Crippen LogP contribution in [0.25, 0.3) is 0 Å². The van der Waals surface area contributed by atoms with Gasteiger partial charge < -0.3 is 10.6 Å². The lowest BCUT2D eigenvalue weighted by molar-refractivity contribution is -0.114. The van der Waals surface area contributed by atoms with Crippen LogP contribution in [0.15, 0.2) is 42.5 Å². The van der Waals surface area contributed by atoms with E-state index in [1.165, 1.54) is 12.1 Å². The molecule has 0 heterocycles. The van der Waals surface area contributed by atoms with Crippen molar-refractivity contribution in [1.29, 1.82) is 0 Å². The third-order valence-electron chi connectivity index (χ3n) is 2.94. The molecule has 3 nitrogen and oxygen atoms in total. The van der Waals surface area contributed by atoms with Crippen LogP contribution in [0.2, 0.25) is 0 Å². The van der Waals surface area contributed by atoms with E-state index in [0.29, 0.717) is 5.69 Å². The van der Waals surface area contributed by atoms with Crippen LogP contribution in [-0.4, -0.2) is 12.5 Å². The van der Waals surface area contributed by atoms with Crippen molar-refractivity contribution in [2.75, 3.05) is 17.2 Å². The van der Waals surface area contributed by atoms with E-state index in [0.717, 1.165) is 16.8 Å². The van der Waals surface area contributed by atoms with Gasteiger partial charge in [0.05, 0.1) is 6.54 Å². The minimum absolute atomic E-state index is 0.0941. The number of nitrogens with one attached hydrogen (secondary N) is 2. The van der Waals surface area contributed by atoms with E-state index in [1.807, 2.05) is 32.0 Å². The molecule has 0 fully saturated rings. The Balaban J connectivity index is 1.94. The molecular formula is C16H17FN2O. The molecule has 0 bridgehead atoms. The predicted octanol–water partition coefficient (Wildman–Crippen LogP) is 3.49. The third kappa shape index (κ3) is 3.82. The van der Waals surface area contributed by atoms with Crippen LogP contribution in [0.4, 0.5) is 15.8 Å². The normalized spacial score (nSPS) is 10.2. The summed E-state index contributed by atoms with van der Waals surface area (Å²) in [7, 11) is 0. The van der Waals surface area contributed by atoms with Crippen LogP contribution >= 0.6 is 0 Å². The minimum Gasteiger partial charge on any atom is -0.376 e. The number of hydrogen-bond acceptors (Lipinski definition) is 2. The molecule has 0 aliphatic heterocycles. The van der Waals surface area contributed by atoms with Gasteiger partial charge in [0, 0.05) is 11.4 Å². The van der Waals surface area contributed by atoms with Gasteiger partial charge in [-0.1, -0.05) is 18.2 Å². The molecule has 4 heteroatoms. The Hall–Kier alpha value is -2.36. The molecule has 0 saturated heterocycles. The molecular weight excluding hydrogens is 255 g/mol. The van der Waals surface area contributed by atoms with Gasteiger partial charge in [0.15, 0.2) is 0 Å². The van der Waals surface area contributed by atoms with Gasteiger partial charge in [0.1, 0.15) is 5.82 Å². The fraction of sp³-hybridized carbons (Fsp3) is 0.188. The monoisotopic (exact) mass is 272 g/mol. The number of rotatable bonds is 4. The molecule has 2 N–H and O–H groups in total. The van der Waals surface area contributed by atoms with Crippen molar-refractivity contribution in [2.45, 2.75) is 13.8 Å². The first-order valence-corrected chi connectivity index (χ1v) is 6.41. The number of benzene rings is 2. The van der Waals surface area contributed by atoms with Gasteiger partial charge in [-0.15, -0.1) is 0 Å². The highest BCUT2D eigenvalue weighted by Gasteiger charge is 2.05. The van der Waals surface area contributed by atoms with E-state index in [1.54, 1.807) is 12.1 Å². The lowest BCUT2D eigenvalue weighted by Crippen LogP contribution is -2.22. The summed E-state index contributed by atoms with van der Waals surface area (Å²) in [4.78, 5) is 11.9. The van der Waals surface area contributed by atoms with E-state index < -0.39 is 0 Å². The average molecular weight is 272 g/mol. The van der Waals surface area contributed by atoms with Crippen LogP contribution in [0.5, 0.6) is 0 Å². The molecule has 0 saturated carbocycles. The minimum atomic E-state index is -0.329. The fourth-order valence-electron chi connectivity index (χ4n) is 1.85. The molecule has 0 radical (unpaired) electrons. The van der Waals surface area contributed by atoms with Crippen LogP contribution in [0.1, 0.15) is 11.1 Å². The van der Waals surface area contributed by atoms with E-state index in [-0.39, 0.29) is 18.3 Å². The Labute approximate surface area is 117 Å². The summed E-state index contributed by atoms with van der Waals surface area (Å²) in [6.45, 7) is 4.01. The zero-order valence-corrected chi connectivity index (χ0v) is 11.5. The van der Waals surface area contributed by atoms with Gasteiger partial charge in [0.25, 0.3) is 0 Å². The Kier molecular flexibility index (Phi) is 4.35. The SMILES string of the molecule is Cc1ccc(C)c(NC(=O)CNc2cccc(F)c2)c1. The first kappa shape index (κ1) is 14.1. The average Bonchev–Trinajstić information content (AvgIpc) is 2.41. The van der Waals surface area contributed by atoms with Crippen LogP contribution in [0, 0.1) is 19.7 Å². The second-order valence-corrected chi connectivity index (χ2v) is 4.73. The van der Waals surface area contributed by atoms with Crippen LogP contribution < -0.4 is 10.6 Å². The summed E-state index contributed by atoms with van der Waals surface area (Å²) in [5, 5.41) is 5.73. The molecule has 0 aliphatic rings. The molecule has 0 aliphatic carbocycles. The molecule has 104 valence electrons. The van der Waals surface area contributed by atoms with Crippen molar-refractivity contribution in [1.82, 2.24) is 0 Å². The largest absolute Gasteiger partial charge is 0.376 e. The summed E-state index contributed by atoms with van der Waals surface area (Å²) in [6.07, 6.45) is 0. The maximum atomic E-state index is 13.0. The highest BCUT2D eigenvalue weighted by atomic mass is 19.1. The topological polar surface area (TPSA) is 41.1 Å². The number of anilines is 2. The Morgan fingerprint density at radius 2 is 1.95 bits per heavy atom. The summed E-state index contributed by atoms with van der Waals surface area (Å²) >= 11 is 0. The van der Waals surface area contributed by atoms with Crippen LogP contribution in [-0.2, 0) is 4.79 Å². The van der Waals surface area contributed by atoms with E-state index >= 15 is 0 Å². The molecule has 2 rings (SSSR count). The van der Waals surface area contributed by atoms with Crippen molar-refractivity contribution >= 4 is 17.3 Å². The number of carbonyl (C=O) groups excluding carboxylic acids is 1. The second-order valence-electron chi connectivity index (χ2n) is 4.73. The van der Waals surface area contributed by atoms with E-state index in [9.17, 15) is 9.18 Å². The zero-order valence-electron chi connectivity index (χ0n) is 11.5. The zero-order chi connectivity index (χ0) is 14.5. The first-order valence-electron chi connectivity index (χ1n) is 6.41. The number of aryl methyl sites for hydroxylation is 2. The van der Waals surface area contributed by atoms with Crippen molar-refractivity contribution in [3.05, 3.63) is 59.4 Å². The highest BCUT2D eigenvalue weighted by molar-refractivity contribution is 5.94. The van der Waals surface area contributed by atoms with Crippen molar-refractivity contribution < 1.29 is 9.18 Å². The molecule has 2 aromatic rings. The molecule has 20 heavy (non-hydrogen) atoms. The molecule has 1 amide bonds. The van der Waals surface area contributed by atoms with Crippen LogP contribution in [0.3, 0.4) is 0 Å². The van der Waals surface area contributed by atoms with E-state index in [2.05, 4.69) is 10.6 Å². The number of carbonyl (C=O) groups is 1. The van der Waals surface area contributed by atoms with Gasteiger partial charge in [0.2, 0.25) is 5.91 Å². The Morgan fingerprint density at radius 3 is 2.70 bits per heavy atom. The second kappa shape index (κ2) is 6.19. The molecule has 0 atom stereocenters. The van der Waals surface area contributed by atoms with Crippen molar-refractivity contribution in [3.63, 3.8) is 0 Å². The summed E-state index contributed by atoms with van der Waals surface area (Å²) in [5.41, 5.74) is 3.48. The number of amides is 1. The first-order chi connectivity index (χ1) is 9.54. The molecule has 2 aromatic carbocycles. The van der Waals surface area contributed by atoms with Crippen molar-refractivity contribution in [2.24, 2.45) is 0 Å². The maximum absolute atomic E-state index is 13.0. The third-order valence-corrected chi connectivity index (χ3v) is 2.94. The van der Waals surface area contributed by atoms with Gasteiger partial charge in [-0.2, -0.15) is 0 Å².